The van der Waals surface area contributed by atoms with E-state index in [4.69, 9.17) is 4.74 Å². The van der Waals surface area contributed by atoms with Crippen molar-refractivity contribution < 1.29 is 14.3 Å². The third-order valence-corrected chi connectivity index (χ3v) is 4.75. The molecular weight excluding hydrogens is 268 g/mol. The standard InChI is InChI=1S/C16H28N2O3/c1-11(2)13-16(20)18(9-10-21-3)14(15(19)17-13)12-7-5-4-6-8-12/h11-14H,4-10H2,1-3H3,(H,17,19). The molecule has 1 saturated carbocycles. The molecule has 1 heterocycles. The number of hydrogen-bond donors (Lipinski definition) is 1. The van der Waals surface area contributed by atoms with E-state index in [-0.39, 0.29) is 23.8 Å². The number of hydrogen-bond acceptors (Lipinski definition) is 3. The molecule has 5 nitrogen and oxygen atoms in total. The van der Waals surface area contributed by atoms with Gasteiger partial charge in [-0.1, -0.05) is 33.1 Å². The molecule has 2 fully saturated rings. The number of carbonyl (C=O) groups excluding carboxylic acids is 2. The Labute approximate surface area is 127 Å². The molecule has 0 spiro atoms. The van der Waals surface area contributed by atoms with Crippen molar-refractivity contribution in [1.29, 1.82) is 0 Å². The lowest BCUT2D eigenvalue weighted by molar-refractivity contribution is -0.154. The number of carbonyl (C=O) groups is 2. The molecule has 5 heteroatoms. The molecule has 1 aliphatic carbocycles. The summed E-state index contributed by atoms with van der Waals surface area (Å²) < 4.78 is 5.13. The second-order valence-corrected chi connectivity index (χ2v) is 6.60. The lowest BCUT2D eigenvalue weighted by Gasteiger charge is -2.44. The molecule has 2 rings (SSSR count). The molecule has 120 valence electrons. The fraction of sp³-hybridized carbons (Fsp3) is 0.875. The minimum Gasteiger partial charge on any atom is -0.383 e. The van der Waals surface area contributed by atoms with Gasteiger partial charge in [-0.25, -0.2) is 0 Å². The highest BCUT2D eigenvalue weighted by molar-refractivity contribution is 5.97. The number of amides is 2. The summed E-state index contributed by atoms with van der Waals surface area (Å²) >= 11 is 0. The molecule has 2 atom stereocenters. The summed E-state index contributed by atoms with van der Waals surface area (Å²) in [5, 5.41) is 2.95. The third-order valence-electron chi connectivity index (χ3n) is 4.75. The van der Waals surface area contributed by atoms with Gasteiger partial charge in [0.25, 0.3) is 0 Å². The molecule has 0 aromatic heterocycles. The van der Waals surface area contributed by atoms with Crippen LogP contribution in [0.25, 0.3) is 0 Å². The number of nitrogens with one attached hydrogen (secondary N) is 1. The lowest BCUT2D eigenvalue weighted by Crippen LogP contribution is -2.67. The van der Waals surface area contributed by atoms with Crippen LogP contribution in [0.5, 0.6) is 0 Å². The van der Waals surface area contributed by atoms with Gasteiger partial charge < -0.3 is 15.0 Å². The number of ether oxygens (including phenoxy) is 1. The number of rotatable bonds is 5. The zero-order valence-electron chi connectivity index (χ0n) is 13.4. The van der Waals surface area contributed by atoms with E-state index in [0.717, 1.165) is 25.7 Å². The summed E-state index contributed by atoms with van der Waals surface area (Å²) in [7, 11) is 1.63. The van der Waals surface area contributed by atoms with Gasteiger partial charge in [0.2, 0.25) is 11.8 Å². The smallest absolute Gasteiger partial charge is 0.246 e. The van der Waals surface area contributed by atoms with Crippen LogP contribution < -0.4 is 5.32 Å². The average molecular weight is 296 g/mol. The normalized spacial score (nSPS) is 28.1. The van der Waals surface area contributed by atoms with Gasteiger partial charge in [0.1, 0.15) is 12.1 Å². The maximum Gasteiger partial charge on any atom is 0.246 e. The Bertz CT molecular complexity index is 378. The Kier molecular flexibility index (Phi) is 5.62. The number of piperazine rings is 1. The molecule has 0 aromatic carbocycles. The molecule has 2 unspecified atom stereocenters. The minimum atomic E-state index is -0.394. The van der Waals surface area contributed by atoms with Crippen LogP contribution in [0.4, 0.5) is 0 Å². The van der Waals surface area contributed by atoms with Crippen molar-refractivity contribution in [2.45, 2.75) is 58.0 Å². The van der Waals surface area contributed by atoms with Crippen molar-refractivity contribution in [2.24, 2.45) is 11.8 Å². The number of methoxy groups -OCH3 is 1. The molecular formula is C16H28N2O3. The topological polar surface area (TPSA) is 58.6 Å². The first kappa shape index (κ1) is 16.3. The quantitative estimate of drug-likeness (QED) is 0.837. The first-order chi connectivity index (χ1) is 10.1. The van der Waals surface area contributed by atoms with Crippen molar-refractivity contribution in [2.75, 3.05) is 20.3 Å². The summed E-state index contributed by atoms with van der Waals surface area (Å²) in [6, 6.07) is -0.697. The van der Waals surface area contributed by atoms with Crippen LogP contribution >= 0.6 is 0 Å². The van der Waals surface area contributed by atoms with Crippen molar-refractivity contribution >= 4 is 11.8 Å². The Balaban J connectivity index is 2.18. The maximum atomic E-state index is 12.7. The molecule has 0 radical (unpaired) electrons. The highest BCUT2D eigenvalue weighted by Gasteiger charge is 2.44. The second kappa shape index (κ2) is 7.25. The zero-order valence-corrected chi connectivity index (χ0v) is 13.4. The van der Waals surface area contributed by atoms with Gasteiger partial charge in [-0.15, -0.1) is 0 Å². The van der Waals surface area contributed by atoms with Gasteiger partial charge in [-0.05, 0) is 24.7 Å². The molecule has 2 aliphatic rings. The van der Waals surface area contributed by atoms with E-state index < -0.39 is 6.04 Å². The monoisotopic (exact) mass is 296 g/mol. The summed E-state index contributed by atoms with van der Waals surface area (Å²) in [5.74, 6) is 0.486. The van der Waals surface area contributed by atoms with E-state index in [1.807, 2.05) is 13.8 Å². The lowest BCUT2D eigenvalue weighted by atomic mass is 9.81. The summed E-state index contributed by atoms with van der Waals surface area (Å²) in [4.78, 5) is 27.1. The minimum absolute atomic E-state index is 0.0244. The summed E-state index contributed by atoms with van der Waals surface area (Å²) in [6.07, 6.45) is 5.65. The summed E-state index contributed by atoms with van der Waals surface area (Å²) in [6.45, 7) is 4.93. The van der Waals surface area contributed by atoms with E-state index in [2.05, 4.69) is 5.32 Å². The average Bonchev–Trinajstić information content (AvgIpc) is 2.48. The van der Waals surface area contributed by atoms with Crippen LogP contribution in [0.2, 0.25) is 0 Å². The van der Waals surface area contributed by atoms with Gasteiger partial charge in [0.15, 0.2) is 0 Å². The largest absolute Gasteiger partial charge is 0.383 e. The fourth-order valence-electron chi connectivity index (χ4n) is 3.57. The Hall–Kier alpha value is -1.10. The zero-order chi connectivity index (χ0) is 15.4. The molecule has 0 aromatic rings. The van der Waals surface area contributed by atoms with Crippen molar-refractivity contribution in [3.63, 3.8) is 0 Å². The van der Waals surface area contributed by atoms with Crippen LogP contribution in [-0.2, 0) is 14.3 Å². The highest BCUT2D eigenvalue weighted by atomic mass is 16.5. The molecule has 2 amide bonds. The van der Waals surface area contributed by atoms with E-state index >= 15 is 0 Å². The molecule has 1 saturated heterocycles. The predicted octanol–water partition coefficient (Wildman–Crippen LogP) is 1.56. The van der Waals surface area contributed by atoms with Gasteiger partial charge in [-0.2, -0.15) is 0 Å². The Morgan fingerprint density at radius 3 is 2.48 bits per heavy atom. The van der Waals surface area contributed by atoms with Crippen LogP contribution in [0, 0.1) is 11.8 Å². The molecule has 1 N–H and O–H groups in total. The van der Waals surface area contributed by atoms with Crippen molar-refractivity contribution in [1.82, 2.24) is 10.2 Å². The SMILES string of the molecule is COCCN1C(=O)C(C(C)C)NC(=O)C1C1CCCCC1. The van der Waals surface area contributed by atoms with E-state index in [1.54, 1.807) is 12.0 Å². The van der Waals surface area contributed by atoms with Gasteiger partial charge in [-0.3, -0.25) is 9.59 Å². The van der Waals surface area contributed by atoms with Gasteiger partial charge in [0, 0.05) is 13.7 Å². The van der Waals surface area contributed by atoms with Gasteiger partial charge >= 0.3 is 0 Å². The molecule has 1 aliphatic heterocycles. The van der Waals surface area contributed by atoms with Crippen molar-refractivity contribution in [3.05, 3.63) is 0 Å². The van der Waals surface area contributed by atoms with Crippen molar-refractivity contribution in [3.8, 4) is 0 Å². The second-order valence-electron chi connectivity index (χ2n) is 6.60. The van der Waals surface area contributed by atoms with E-state index in [0.29, 0.717) is 19.1 Å². The first-order valence-electron chi connectivity index (χ1n) is 8.16. The van der Waals surface area contributed by atoms with E-state index in [9.17, 15) is 9.59 Å². The van der Waals surface area contributed by atoms with Crippen LogP contribution in [0.1, 0.15) is 46.0 Å². The highest BCUT2D eigenvalue weighted by Crippen LogP contribution is 2.31. The van der Waals surface area contributed by atoms with Crippen LogP contribution in [0.3, 0.4) is 0 Å². The first-order valence-corrected chi connectivity index (χ1v) is 8.16. The molecule has 0 bridgehead atoms. The number of nitrogens with zero attached hydrogens (tertiary/aromatic N) is 1. The van der Waals surface area contributed by atoms with E-state index in [1.165, 1.54) is 6.42 Å². The maximum absolute atomic E-state index is 12.7. The molecule has 21 heavy (non-hydrogen) atoms. The fourth-order valence-corrected chi connectivity index (χ4v) is 3.57. The predicted molar refractivity (Wildman–Crippen MR) is 80.7 cm³/mol. The third kappa shape index (κ3) is 3.57. The van der Waals surface area contributed by atoms with Gasteiger partial charge in [0.05, 0.1) is 6.61 Å². The Morgan fingerprint density at radius 2 is 1.90 bits per heavy atom. The van der Waals surface area contributed by atoms with Crippen LogP contribution in [-0.4, -0.2) is 49.1 Å². The Morgan fingerprint density at radius 1 is 1.24 bits per heavy atom. The summed E-state index contributed by atoms with van der Waals surface area (Å²) in [5.41, 5.74) is 0. The van der Waals surface area contributed by atoms with Crippen LogP contribution in [0.15, 0.2) is 0 Å².